The first-order valence-electron chi connectivity index (χ1n) is 36.3. The van der Waals surface area contributed by atoms with Gasteiger partial charge >= 0.3 is 39.1 Å². The average Bonchev–Trinajstić information content (AvgIpc) is 0.886. The number of aromatic amines is 1. The topological polar surface area (TPSA) is 572 Å². The van der Waals surface area contributed by atoms with E-state index in [4.69, 9.17) is 38.5 Å². The summed E-state index contributed by atoms with van der Waals surface area (Å²) in [7, 11) is -12.2. The number of aromatic nitrogens is 3. The number of imidazole rings is 1. The van der Waals surface area contributed by atoms with Gasteiger partial charge in [0.1, 0.15) is 36.0 Å². The number of carboxylic acid groups (broad SMARTS) is 4. The first-order chi connectivity index (χ1) is 52.9. The van der Waals surface area contributed by atoms with Crippen molar-refractivity contribution in [2.45, 2.75) is 96.2 Å². The number of hydrogen-bond donors (Lipinski definition) is 16. The van der Waals surface area contributed by atoms with Gasteiger partial charge in [-0.05, 0) is 100 Å². The number of nitrogens with one attached hydrogen (secondary N) is 8. The van der Waals surface area contributed by atoms with Crippen LogP contribution in [0.1, 0.15) is 85.8 Å². The molecule has 0 saturated carbocycles. The molecule has 5 rings (SSSR count). The van der Waals surface area contributed by atoms with Crippen LogP contribution in [0, 0.1) is 13.8 Å². The van der Waals surface area contributed by atoms with Gasteiger partial charge < -0.3 is 100 Å². The Morgan fingerprint density at radius 3 is 1.70 bits per heavy atom. The highest BCUT2D eigenvalue weighted by molar-refractivity contribution is 7.89. The molecule has 3 heterocycles. The van der Waals surface area contributed by atoms with E-state index < -0.39 is 116 Å². The van der Waals surface area contributed by atoms with E-state index in [0.717, 1.165) is 18.6 Å². The highest BCUT2D eigenvalue weighted by Crippen LogP contribution is 2.40. The molecule has 16 N–H and O–H groups in total. The number of nitrogens with zero attached hydrogens (tertiary/aromatic N) is 7. The predicted molar refractivity (Wildman–Crippen MR) is 407 cm³/mol. The number of carboxylic acids is 4. The minimum atomic E-state index is -4.72. The minimum Gasteiger partial charge on any atom is -0.494 e. The lowest BCUT2D eigenvalue weighted by molar-refractivity contribution is -0.140. The third kappa shape index (κ3) is 38.9. The zero-order valence-electron chi connectivity index (χ0n) is 63.7. The Bertz CT molecular complexity index is 3900. The molecule has 5 amide bonds. The van der Waals surface area contributed by atoms with Gasteiger partial charge in [0.25, 0.3) is 5.91 Å². The van der Waals surface area contributed by atoms with Crippen molar-refractivity contribution in [1.82, 2.24) is 70.3 Å². The normalized spacial score (nSPS) is 14.3. The van der Waals surface area contributed by atoms with Crippen LogP contribution in [0.5, 0.6) is 5.75 Å². The molecule has 2 aromatic carbocycles. The number of aryl methyl sites for hydroxylation is 3. The molecule has 628 valence electrons. The van der Waals surface area contributed by atoms with Gasteiger partial charge in [-0.15, -0.1) is 0 Å². The first kappa shape index (κ1) is 96.0. The average molecular weight is 1650 g/mol. The van der Waals surface area contributed by atoms with Crippen molar-refractivity contribution < 1.29 is 120 Å². The van der Waals surface area contributed by atoms with Crippen LogP contribution in [0.3, 0.4) is 0 Å². The van der Waals surface area contributed by atoms with E-state index in [9.17, 15) is 85.9 Å². The Balaban J connectivity index is 0.000000476. The maximum Gasteiger partial charge on any atom is 0.339 e. The quantitative estimate of drug-likeness (QED) is 0.0181. The van der Waals surface area contributed by atoms with E-state index in [1.54, 1.807) is 82.6 Å². The predicted octanol–water partition coefficient (Wildman–Crippen LogP) is -1.28. The zero-order chi connectivity index (χ0) is 83.0. The molecule has 4 aromatic rings. The van der Waals surface area contributed by atoms with Crippen molar-refractivity contribution in [1.29, 1.82) is 0 Å². The number of fused-ring (bicyclic) bond motifs is 1. The minimum absolute atomic E-state index is 0.0517. The van der Waals surface area contributed by atoms with Gasteiger partial charge in [-0.25, -0.2) is 13.4 Å². The van der Waals surface area contributed by atoms with Gasteiger partial charge in [-0.2, -0.15) is 4.72 Å². The summed E-state index contributed by atoms with van der Waals surface area (Å²) in [6, 6.07) is 5.45. The summed E-state index contributed by atoms with van der Waals surface area (Å²) in [5.74, 6) is -6.55. The summed E-state index contributed by atoms with van der Waals surface area (Å²) in [5.41, 5.74) is 1.23. The fourth-order valence-electron chi connectivity index (χ4n) is 11.5. The van der Waals surface area contributed by atoms with E-state index in [1.807, 2.05) is 6.92 Å². The molecular formula is C68H109N15O26P2S. The van der Waals surface area contributed by atoms with Gasteiger partial charge in [0.2, 0.25) is 39.1 Å². The summed E-state index contributed by atoms with van der Waals surface area (Å²) in [5, 5.41) is 54.5. The molecule has 0 bridgehead atoms. The second kappa shape index (κ2) is 49.9. The number of rotatable bonds is 49. The number of sulfonamides is 1. The molecule has 0 aliphatic carbocycles. The van der Waals surface area contributed by atoms with Gasteiger partial charge in [0.15, 0.2) is 5.95 Å². The van der Waals surface area contributed by atoms with Gasteiger partial charge in [0, 0.05) is 136 Å². The van der Waals surface area contributed by atoms with Crippen LogP contribution >= 0.6 is 15.2 Å². The Morgan fingerprint density at radius 2 is 1.18 bits per heavy atom. The molecule has 2 atom stereocenters. The van der Waals surface area contributed by atoms with Crippen molar-refractivity contribution in [3.05, 3.63) is 81.4 Å². The van der Waals surface area contributed by atoms with E-state index in [0.29, 0.717) is 105 Å². The van der Waals surface area contributed by atoms with Crippen molar-refractivity contribution in [2.24, 2.45) is 7.05 Å². The number of carbonyl (C=O) groups is 9. The molecule has 1 aliphatic rings. The van der Waals surface area contributed by atoms with Crippen molar-refractivity contribution in [3.63, 3.8) is 0 Å². The number of amides is 5. The lowest BCUT2D eigenvalue weighted by atomic mass is 10.1. The molecular weight excluding hydrogens is 1540 g/mol. The second-order valence-electron chi connectivity index (χ2n) is 26.3. The molecule has 44 heteroatoms. The second-order valence-corrected chi connectivity index (χ2v) is 31.2. The van der Waals surface area contributed by atoms with Crippen LogP contribution in [-0.4, -0.2) is 323 Å². The summed E-state index contributed by atoms with van der Waals surface area (Å²) >= 11 is 0. The third-order valence-corrected chi connectivity index (χ3v) is 20.0. The lowest BCUT2D eigenvalue weighted by Gasteiger charge is -2.33. The van der Waals surface area contributed by atoms with Crippen molar-refractivity contribution >= 4 is 95.5 Å². The first-order valence-corrected chi connectivity index (χ1v) is 41.4. The standard InChI is InChI=1S/C40H55N7O11S.C28H54N8O15P2/c1-5-14-55-17-19-57-20-18-56-15-7-11-41-35(48)8-6-16-58-30-21-27(2)37(28(3)22-30)59(53,54)46-33(39(51)52)25-44-38(50)32-26-47(4)34-23-29(9-10-31(34)36(32)49)24-45-40-42-12-13-43-40;1-2-29-28(45)22(5-3-4-6-30-23(37)15-36(20-52(46,47)48)21-53(49,50)51)31-24(38)16-32-7-9-33(17-25(39)40)11-13-35(19-27(43)44)14-12-34(10-8-32)18-26(41)42/h9-10,12-13,21-23,26,33,46H,5-8,11,14-20,24-25H2,1-4H3,(H,41,48)(H,44,50)(H,51,52)(H2,42,43,45);22H,2-21H2,1H3,(H,29,45)(H,30,37)(H,31,38)(H,39,40)(H,41,42)(H,43,44)(H2,46,47,48)(H2,49,50,51)/t;22-/m.1/s1. The number of H-pyrrole nitrogens is 1. The molecule has 1 unspecified atom stereocenters. The maximum atomic E-state index is 13.5. The van der Waals surface area contributed by atoms with Gasteiger partial charge in [0.05, 0.1) is 76.2 Å². The number of ether oxygens (including phenoxy) is 4. The smallest absolute Gasteiger partial charge is 0.339 e. The van der Waals surface area contributed by atoms with E-state index in [2.05, 4.69) is 46.6 Å². The van der Waals surface area contributed by atoms with E-state index in [1.165, 1.54) is 18.3 Å². The summed E-state index contributed by atoms with van der Waals surface area (Å²) in [6.07, 6.45) is 5.66. The fraction of sp³-hybridized carbons (Fsp3) is 0.603. The van der Waals surface area contributed by atoms with Gasteiger partial charge in [-0.3, -0.25) is 81.6 Å². The number of aliphatic carboxylic acids is 4. The largest absolute Gasteiger partial charge is 0.494 e. The molecule has 1 saturated heterocycles. The Kier molecular flexibility index (Phi) is 42.8. The molecule has 2 aromatic heterocycles. The van der Waals surface area contributed by atoms with Gasteiger partial charge in [-0.1, -0.05) is 13.0 Å². The maximum absolute atomic E-state index is 13.5. The zero-order valence-corrected chi connectivity index (χ0v) is 66.3. The van der Waals surface area contributed by atoms with Crippen LogP contribution in [0.15, 0.2) is 58.6 Å². The number of likely N-dealkylation sites (N-methyl/N-ethyl adjacent to an activating group) is 1. The molecule has 1 fully saturated rings. The fourth-order valence-corrected chi connectivity index (χ4v) is 14.7. The number of hydrogen-bond acceptors (Lipinski definition) is 25. The molecule has 1 aliphatic heterocycles. The summed E-state index contributed by atoms with van der Waals surface area (Å²) in [6.45, 7) is 10.7. The van der Waals surface area contributed by atoms with Crippen LogP contribution < -0.4 is 46.8 Å². The summed E-state index contributed by atoms with van der Waals surface area (Å²) < 4.78 is 75.5. The Morgan fingerprint density at radius 1 is 0.643 bits per heavy atom. The number of unbranched alkanes of at least 4 members (excludes halogenated alkanes) is 1. The SMILES string of the molecule is CCCOCCOCCOCCCNC(=O)CCCOc1cc(C)c(S(=O)(=O)NC(CNC(=O)c2cn(C)c3cc(CNc4ncc[nH]4)ccc3c2=O)C(=O)O)c(C)c1.CCNC(=O)[C@@H](CCCCNC(=O)CN(CP(=O)(O)O)CP(=O)(O)O)NC(=O)CN1CCN(CC(=O)O)CCN(CC(=O)O)CCN(CC(=O)O)CC1. The van der Waals surface area contributed by atoms with E-state index >= 15 is 0 Å². The monoisotopic (exact) mass is 1650 g/mol. The third-order valence-electron chi connectivity index (χ3n) is 16.7. The number of carbonyl (C=O) groups excluding carboxylic acids is 5. The van der Waals surface area contributed by atoms with Crippen LogP contribution in [0.2, 0.25) is 0 Å². The number of pyridine rings is 1. The highest BCUT2D eigenvalue weighted by atomic mass is 32.2. The van der Waals surface area contributed by atoms with Crippen LogP contribution in [0.4, 0.5) is 5.95 Å². The molecule has 0 spiro atoms. The van der Waals surface area contributed by atoms with Crippen molar-refractivity contribution in [2.75, 3.05) is 175 Å². The lowest BCUT2D eigenvalue weighted by Crippen LogP contribution is -2.52. The molecule has 41 nitrogen and oxygen atoms in total. The highest BCUT2D eigenvalue weighted by Gasteiger charge is 2.32. The number of benzene rings is 2. The summed E-state index contributed by atoms with van der Waals surface area (Å²) in [4.78, 5) is 175. The molecule has 0 radical (unpaired) electrons. The Labute approximate surface area is 648 Å². The van der Waals surface area contributed by atoms with Crippen LogP contribution in [0.25, 0.3) is 10.9 Å². The van der Waals surface area contributed by atoms with E-state index in [-0.39, 0.29) is 133 Å². The Hall–Kier alpha value is -8.42. The molecule has 112 heavy (non-hydrogen) atoms. The number of anilines is 1. The van der Waals surface area contributed by atoms with Crippen molar-refractivity contribution in [3.8, 4) is 5.75 Å². The van der Waals surface area contributed by atoms with Crippen LogP contribution in [-0.2, 0) is 85.3 Å².